The summed E-state index contributed by atoms with van der Waals surface area (Å²) in [4.78, 5) is 22.4. The predicted octanol–water partition coefficient (Wildman–Crippen LogP) is 1.61. The zero-order chi connectivity index (χ0) is 13.8. The highest BCUT2D eigenvalue weighted by atomic mass is 16.2. The molecule has 108 valence electrons. The molecule has 0 radical (unpaired) electrons. The summed E-state index contributed by atoms with van der Waals surface area (Å²) in [7, 11) is 0. The molecule has 0 bridgehead atoms. The van der Waals surface area contributed by atoms with Gasteiger partial charge in [-0.2, -0.15) is 0 Å². The molecule has 2 heterocycles. The molecule has 2 N–H and O–H groups in total. The van der Waals surface area contributed by atoms with Gasteiger partial charge in [-0.25, -0.2) is 9.78 Å². The molecule has 1 aliphatic carbocycles. The fourth-order valence-electron chi connectivity index (χ4n) is 3.21. The number of rotatable bonds is 3. The second-order valence-corrected chi connectivity index (χ2v) is 5.61. The molecular weight excluding hydrogens is 254 g/mol. The van der Waals surface area contributed by atoms with E-state index in [9.17, 15) is 4.79 Å². The van der Waals surface area contributed by atoms with Crippen molar-refractivity contribution in [1.29, 1.82) is 0 Å². The number of urea groups is 1. The number of anilines is 1. The molecule has 20 heavy (non-hydrogen) atoms. The molecule has 2 fully saturated rings. The number of hydrogen-bond acceptors (Lipinski definition) is 4. The fourth-order valence-corrected chi connectivity index (χ4v) is 3.21. The van der Waals surface area contributed by atoms with Crippen molar-refractivity contribution in [1.82, 2.24) is 20.2 Å². The van der Waals surface area contributed by atoms with Crippen molar-refractivity contribution in [2.45, 2.75) is 44.2 Å². The molecule has 2 amide bonds. The summed E-state index contributed by atoms with van der Waals surface area (Å²) in [5.74, 6) is 0.482. The number of likely N-dealkylation sites (tertiary alicyclic amines) is 1. The molecule has 1 aromatic rings. The van der Waals surface area contributed by atoms with Crippen LogP contribution in [0.5, 0.6) is 0 Å². The van der Waals surface area contributed by atoms with Crippen LogP contribution in [0.2, 0.25) is 0 Å². The van der Waals surface area contributed by atoms with Gasteiger partial charge in [-0.15, -0.1) is 0 Å². The van der Waals surface area contributed by atoms with E-state index in [0.717, 1.165) is 25.6 Å². The van der Waals surface area contributed by atoms with Gasteiger partial charge in [-0.3, -0.25) is 15.2 Å². The van der Waals surface area contributed by atoms with Crippen LogP contribution in [0, 0.1) is 0 Å². The number of aromatic nitrogens is 2. The van der Waals surface area contributed by atoms with E-state index in [1.165, 1.54) is 25.7 Å². The summed E-state index contributed by atoms with van der Waals surface area (Å²) in [5.41, 5.74) is 0. The highest BCUT2D eigenvalue weighted by Crippen LogP contribution is 2.26. The summed E-state index contributed by atoms with van der Waals surface area (Å²) in [6, 6.07) is 0.792. The lowest BCUT2D eigenvalue weighted by Crippen LogP contribution is -2.41. The SMILES string of the molecule is O=C(Nc1cnccn1)NC1CCN(C2CCCC2)C1. The lowest BCUT2D eigenvalue weighted by molar-refractivity contribution is 0.234. The summed E-state index contributed by atoms with van der Waals surface area (Å²) >= 11 is 0. The first-order chi connectivity index (χ1) is 9.81. The van der Waals surface area contributed by atoms with Crippen molar-refractivity contribution in [3.05, 3.63) is 18.6 Å². The van der Waals surface area contributed by atoms with E-state index in [1.54, 1.807) is 18.6 Å². The van der Waals surface area contributed by atoms with Gasteiger partial charge in [0, 0.05) is 37.6 Å². The van der Waals surface area contributed by atoms with Gasteiger partial charge < -0.3 is 5.32 Å². The second-order valence-electron chi connectivity index (χ2n) is 5.61. The molecule has 2 aliphatic rings. The zero-order valence-corrected chi connectivity index (χ0v) is 11.6. The van der Waals surface area contributed by atoms with Crippen molar-refractivity contribution in [2.75, 3.05) is 18.4 Å². The molecule has 0 spiro atoms. The van der Waals surface area contributed by atoms with Crippen LogP contribution < -0.4 is 10.6 Å². The maximum atomic E-state index is 11.9. The Hall–Kier alpha value is -1.69. The number of hydrogen-bond donors (Lipinski definition) is 2. The first kappa shape index (κ1) is 13.3. The highest BCUT2D eigenvalue weighted by molar-refractivity contribution is 5.88. The Morgan fingerprint density at radius 3 is 2.85 bits per heavy atom. The Morgan fingerprint density at radius 2 is 2.10 bits per heavy atom. The third-order valence-electron chi connectivity index (χ3n) is 4.20. The Labute approximate surface area is 119 Å². The first-order valence-electron chi connectivity index (χ1n) is 7.39. The quantitative estimate of drug-likeness (QED) is 0.879. The van der Waals surface area contributed by atoms with E-state index in [2.05, 4.69) is 25.5 Å². The molecule has 1 unspecified atom stereocenters. The topological polar surface area (TPSA) is 70.1 Å². The van der Waals surface area contributed by atoms with E-state index >= 15 is 0 Å². The fraction of sp³-hybridized carbons (Fsp3) is 0.643. The molecular formula is C14H21N5O. The summed E-state index contributed by atoms with van der Waals surface area (Å²) in [6.45, 7) is 2.07. The first-order valence-corrected chi connectivity index (χ1v) is 7.39. The number of carbonyl (C=O) groups is 1. The minimum Gasteiger partial charge on any atom is -0.334 e. The minimum absolute atomic E-state index is 0.191. The molecule has 0 aromatic carbocycles. The van der Waals surface area contributed by atoms with Crippen LogP contribution in [0.25, 0.3) is 0 Å². The van der Waals surface area contributed by atoms with Gasteiger partial charge in [-0.05, 0) is 19.3 Å². The van der Waals surface area contributed by atoms with E-state index in [-0.39, 0.29) is 12.1 Å². The van der Waals surface area contributed by atoms with E-state index in [4.69, 9.17) is 0 Å². The zero-order valence-electron chi connectivity index (χ0n) is 11.6. The monoisotopic (exact) mass is 275 g/mol. The molecule has 1 atom stereocenters. The number of amides is 2. The maximum absolute atomic E-state index is 11.9. The van der Waals surface area contributed by atoms with Gasteiger partial charge in [0.1, 0.15) is 0 Å². The molecule has 1 aromatic heterocycles. The van der Waals surface area contributed by atoms with Gasteiger partial charge in [-0.1, -0.05) is 12.8 Å². The van der Waals surface area contributed by atoms with Crippen molar-refractivity contribution in [3.63, 3.8) is 0 Å². The molecule has 3 rings (SSSR count). The summed E-state index contributed by atoms with van der Waals surface area (Å²) in [6.07, 6.45) is 11.1. The Morgan fingerprint density at radius 1 is 1.25 bits per heavy atom. The smallest absolute Gasteiger partial charge is 0.320 e. The molecule has 1 aliphatic heterocycles. The number of carbonyl (C=O) groups excluding carboxylic acids is 1. The standard InChI is InChI=1S/C14H21N5O/c20-14(18-13-9-15-6-7-16-13)17-11-5-8-19(10-11)12-3-1-2-4-12/h6-7,9,11-12H,1-5,8,10H2,(H2,16,17,18,20). The second kappa shape index (κ2) is 6.17. The third-order valence-corrected chi connectivity index (χ3v) is 4.20. The van der Waals surface area contributed by atoms with Crippen LogP contribution >= 0.6 is 0 Å². The summed E-state index contributed by atoms with van der Waals surface area (Å²) < 4.78 is 0. The van der Waals surface area contributed by atoms with Crippen LogP contribution in [-0.2, 0) is 0 Å². The van der Waals surface area contributed by atoms with Crippen LogP contribution in [0.3, 0.4) is 0 Å². The lowest BCUT2D eigenvalue weighted by atomic mass is 10.2. The van der Waals surface area contributed by atoms with Crippen LogP contribution in [0.1, 0.15) is 32.1 Å². The molecule has 1 saturated carbocycles. The van der Waals surface area contributed by atoms with Crippen molar-refractivity contribution < 1.29 is 4.79 Å². The van der Waals surface area contributed by atoms with Crippen molar-refractivity contribution in [3.8, 4) is 0 Å². The molecule has 6 nitrogen and oxygen atoms in total. The number of nitrogens with one attached hydrogen (secondary N) is 2. The Bertz CT molecular complexity index is 446. The normalized spacial score (nSPS) is 23.9. The average molecular weight is 275 g/mol. The van der Waals surface area contributed by atoms with Gasteiger partial charge >= 0.3 is 6.03 Å². The van der Waals surface area contributed by atoms with Crippen molar-refractivity contribution in [2.24, 2.45) is 0 Å². The van der Waals surface area contributed by atoms with Crippen LogP contribution in [0.4, 0.5) is 10.6 Å². The van der Waals surface area contributed by atoms with Gasteiger partial charge in [0.2, 0.25) is 0 Å². The van der Waals surface area contributed by atoms with Crippen molar-refractivity contribution >= 4 is 11.8 Å². The van der Waals surface area contributed by atoms with Crippen LogP contribution in [-0.4, -0.2) is 46.1 Å². The maximum Gasteiger partial charge on any atom is 0.320 e. The molecule has 6 heteroatoms. The van der Waals surface area contributed by atoms with E-state index in [0.29, 0.717) is 5.82 Å². The number of nitrogens with zero attached hydrogens (tertiary/aromatic N) is 3. The van der Waals surface area contributed by atoms with Gasteiger partial charge in [0.15, 0.2) is 5.82 Å². The van der Waals surface area contributed by atoms with E-state index in [1.807, 2.05) is 0 Å². The molecule has 1 saturated heterocycles. The highest BCUT2D eigenvalue weighted by Gasteiger charge is 2.30. The Balaban J connectivity index is 1.45. The minimum atomic E-state index is -0.191. The van der Waals surface area contributed by atoms with Gasteiger partial charge in [0.05, 0.1) is 6.20 Å². The van der Waals surface area contributed by atoms with E-state index < -0.39 is 0 Å². The lowest BCUT2D eigenvalue weighted by Gasteiger charge is -2.23. The average Bonchev–Trinajstić information content (AvgIpc) is 3.10. The van der Waals surface area contributed by atoms with Crippen LogP contribution in [0.15, 0.2) is 18.6 Å². The third kappa shape index (κ3) is 3.25. The largest absolute Gasteiger partial charge is 0.334 e. The van der Waals surface area contributed by atoms with Gasteiger partial charge in [0.25, 0.3) is 0 Å². The predicted molar refractivity (Wildman–Crippen MR) is 76.4 cm³/mol. The summed E-state index contributed by atoms with van der Waals surface area (Å²) in [5, 5.41) is 5.73. The Kier molecular flexibility index (Phi) is 4.11.